The normalized spacial score (nSPS) is 17.8. The van der Waals surface area contributed by atoms with Crippen molar-refractivity contribution in [1.29, 1.82) is 0 Å². The summed E-state index contributed by atoms with van der Waals surface area (Å²) in [7, 11) is 0. The molecule has 2 aromatic rings. The quantitative estimate of drug-likeness (QED) is 0.832. The lowest BCUT2D eigenvalue weighted by Gasteiger charge is -2.35. The van der Waals surface area contributed by atoms with Gasteiger partial charge in [-0.1, -0.05) is 25.1 Å². The summed E-state index contributed by atoms with van der Waals surface area (Å²) in [5, 5.41) is 2.78. The van der Waals surface area contributed by atoms with Crippen LogP contribution in [0.4, 0.5) is 0 Å². The number of carbonyl (C=O) groups excluding carboxylic acids is 2. The first-order valence-electron chi connectivity index (χ1n) is 9.11. The fraction of sp³-hybridized carbons (Fsp3) is 0.333. The molecule has 26 heavy (non-hydrogen) atoms. The number of furan rings is 1. The summed E-state index contributed by atoms with van der Waals surface area (Å²) in [4.78, 5) is 27.6. The molecule has 5 heteroatoms. The van der Waals surface area contributed by atoms with Gasteiger partial charge in [0.25, 0.3) is 11.8 Å². The van der Waals surface area contributed by atoms with E-state index in [0.29, 0.717) is 17.9 Å². The number of rotatable bonds is 5. The lowest BCUT2D eigenvalue weighted by atomic mass is 9.99. The third-order valence-electron chi connectivity index (χ3n) is 4.70. The fourth-order valence-corrected chi connectivity index (χ4v) is 3.30. The Kier molecular flexibility index (Phi) is 5.89. The van der Waals surface area contributed by atoms with Gasteiger partial charge in [-0.3, -0.25) is 9.59 Å². The van der Waals surface area contributed by atoms with E-state index in [4.69, 9.17) is 4.42 Å². The van der Waals surface area contributed by atoms with Crippen LogP contribution in [0.25, 0.3) is 6.08 Å². The van der Waals surface area contributed by atoms with Gasteiger partial charge in [0, 0.05) is 24.2 Å². The monoisotopic (exact) mass is 352 g/mol. The van der Waals surface area contributed by atoms with Gasteiger partial charge in [-0.15, -0.1) is 0 Å². The second-order valence-corrected chi connectivity index (χ2v) is 6.45. The topological polar surface area (TPSA) is 62.6 Å². The van der Waals surface area contributed by atoms with Gasteiger partial charge in [0.1, 0.15) is 11.5 Å². The van der Waals surface area contributed by atoms with E-state index in [1.807, 2.05) is 11.0 Å². The van der Waals surface area contributed by atoms with Crippen molar-refractivity contribution in [3.63, 3.8) is 0 Å². The van der Waals surface area contributed by atoms with Crippen molar-refractivity contribution in [3.05, 3.63) is 65.7 Å². The number of likely N-dealkylation sites (tertiary alicyclic amines) is 1. The van der Waals surface area contributed by atoms with E-state index in [0.717, 1.165) is 25.7 Å². The van der Waals surface area contributed by atoms with Gasteiger partial charge in [0.15, 0.2) is 0 Å². The number of hydrogen-bond donors (Lipinski definition) is 1. The third-order valence-corrected chi connectivity index (χ3v) is 4.70. The van der Waals surface area contributed by atoms with E-state index in [1.165, 1.54) is 0 Å². The molecule has 1 aliphatic rings. The molecule has 0 radical (unpaired) electrons. The first-order chi connectivity index (χ1) is 12.7. The van der Waals surface area contributed by atoms with Gasteiger partial charge < -0.3 is 14.6 Å². The molecule has 1 fully saturated rings. The van der Waals surface area contributed by atoms with Gasteiger partial charge in [0.05, 0.1) is 6.26 Å². The molecule has 0 saturated carbocycles. The van der Waals surface area contributed by atoms with Crippen LogP contribution in [0.15, 0.2) is 58.8 Å². The van der Waals surface area contributed by atoms with E-state index in [-0.39, 0.29) is 23.6 Å². The number of nitrogens with zero attached hydrogens (tertiary/aromatic N) is 1. The fourth-order valence-electron chi connectivity index (χ4n) is 3.30. The predicted octanol–water partition coefficient (Wildman–Crippen LogP) is 3.84. The highest BCUT2D eigenvalue weighted by Crippen LogP contribution is 2.22. The van der Waals surface area contributed by atoms with E-state index in [2.05, 4.69) is 12.2 Å². The van der Waals surface area contributed by atoms with Crippen LogP contribution in [-0.2, 0) is 4.79 Å². The van der Waals surface area contributed by atoms with Crippen molar-refractivity contribution < 1.29 is 14.0 Å². The second-order valence-electron chi connectivity index (χ2n) is 6.45. The van der Waals surface area contributed by atoms with Gasteiger partial charge in [0.2, 0.25) is 0 Å². The van der Waals surface area contributed by atoms with Gasteiger partial charge in [-0.25, -0.2) is 0 Å². The molecule has 0 bridgehead atoms. The Hall–Kier alpha value is -2.82. The number of hydrogen-bond acceptors (Lipinski definition) is 3. The Bertz CT molecular complexity index is 766. The highest BCUT2D eigenvalue weighted by atomic mass is 16.3. The summed E-state index contributed by atoms with van der Waals surface area (Å²) in [6.07, 6.45) is 7.18. The summed E-state index contributed by atoms with van der Waals surface area (Å²) in [5.74, 6) is 0.0748. The van der Waals surface area contributed by atoms with Crippen molar-refractivity contribution >= 4 is 17.9 Å². The second kappa shape index (κ2) is 8.52. The number of benzene rings is 1. The molecule has 1 aromatic heterocycles. The molecule has 1 saturated heterocycles. The maximum atomic E-state index is 13.2. The Morgan fingerprint density at radius 1 is 1.19 bits per heavy atom. The molecule has 0 aliphatic carbocycles. The molecule has 1 atom stereocenters. The van der Waals surface area contributed by atoms with Crippen LogP contribution in [0.1, 0.15) is 48.7 Å². The summed E-state index contributed by atoms with van der Waals surface area (Å²) in [6, 6.07) is 12.6. The number of carbonyl (C=O) groups is 2. The maximum Gasteiger partial charge on any atom is 0.270 e. The average Bonchev–Trinajstić information content (AvgIpc) is 3.20. The predicted molar refractivity (Wildman–Crippen MR) is 100 cm³/mol. The minimum atomic E-state index is -0.304. The van der Waals surface area contributed by atoms with Crippen LogP contribution in [0, 0.1) is 0 Å². The minimum absolute atomic E-state index is 0.155. The molecule has 1 N–H and O–H groups in total. The molecule has 1 unspecified atom stereocenters. The van der Waals surface area contributed by atoms with Crippen LogP contribution >= 0.6 is 0 Å². The third kappa shape index (κ3) is 4.23. The SMILES string of the molecule is CCC1CCCCN1C(=O)C(=Cc1ccco1)NC(=O)c1ccccc1. The van der Waals surface area contributed by atoms with Crippen molar-refractivity contribution in [3.8, 4) is 0 Å². The average molecular weight is 352 g/mol. The lowest BCUT2D eigenvalue weighted by molar-refractivity contribution is -0.131. The van der Waals surface area contributed by atoms with Crippen LogP contribution < -0.4 is 5.32 Å². The van der Waals surface area contributed by atoms with Gasteiger partial charge >= 0.3 is 0 Å². The van der Waals surface area contributed by atoms with Crippen LogP contribution in [0.2, 0.25) is 0 Å². The maximum absolute atomic E-state index is 13.2. The molecule has 5 nitrogen and oxygen atoms in total. The Balaban J connectivity index is 1.86. The number of amides is 2. The number of piperidine rings is 1. The zero-order valence-electron chi connectivity index (χ0n) is 15.0. The molecular formula is C21H24N2O3. The molecule has 2 amide bonds. The van der Waals surface area contributed by atoms with Crippen LogP contribution in [-0.4, -0.2) is 29.3 Å². The molecule has 1 aliphatic heterocycles. The van der Waals surface area contributed by atoms with Gasteiger partial charge in [-0.2, -0.15) is 0 Å². The van der Waals surface area contributed by atoms with Crippen molar-refractivity contribution in [1.82, 2.24) is 10.2 Å². The standard InChI is InChI=1S/C21H24N2O3/c1-2-17-11-6-7-13-23(17)21(25)19(15-18-12-8-14-26-18)22-20(24)16-9-4-3-5-10-16/h3-5,8-10,12,14-15,17H,2,6-7,11,13H2,1H3,(H,22,24). The Labute approximate surface area is 153 Å². The van der Waals surface area contributed by atoms with Crippen molar-refractivity contribution in [2.24, 2.45) is 0 Å². The van der Waals surface area contributed by atoms with Crippen LogP contribution in [0.3, 0.4) is 0 Å². The first kappa shape index (κ1) is 18.0. The molecule has 136 valence electrons. The van der Waals surface area contributed by atoms with E-state index < -0.39 is 0 Å². The van der Waals surface area contributed by atoms with E-state index in [9.17, 15) is 9.59 Å². The Morgan fingerprint density at radius 2 is 2.00 bits per heavy atom. The molecule has 2 heterocycles. The first-order valence-corrected chi connectivity index (χ1v) is 9.11. The summed E-state index contributed by atoms with van der Waals surface area (Å²) < 4.78 is 5.34. The molecular weight excluding hydrogens is 328 g/mol. The molecule has 1 aromatic carbocycles. The smallest absolute Gasteiger partial charge is 0.270 e. The summed E-state index contributed by atoms with van der Waals surface area (Å²) >= 11 is 0. The largest absolute Gasteiger partial charge is 0.465 e. The number of nitrogens with one attached hydrogen (secondary N) is 1. The highest BCUT2D eigenvalue weighted by Gasteiger charge is 2.28. The summed E-state index contributed by atoms with van der Waals surface area (Å²) in [6.45, 7) is 2.81. The summed E-state index contributed by atoms with van der Waals surface area (Å²) in [5.41, 5.74) is 0.755. The van der Waals surface area contributed by atoms with Crippen LogP contribution in [0.5, 0.6) is 0 Å². The van der Waals surface area contributed by atoms with E-state index >= 15 is 0 Å². The molecule has 0 spiro atoms. The highest BCUT2D eigenvalue weighted by molar-refractivity contribution is 6.05. The Morgan fingerprint density at radius 3 is 2.69 bits per heavy atom. The van der Waals surface area contributed by atoms with Crippen molar-refractivity contribution in [2.75, 3.05) is 6.54 Å². The van der Waals surface area contributed by atoms with Crippen molar-refractivity contribution in [2.45, 2.75) is 38.6 Å². The zero-order valence-corrected chi connectivity index (χ0v) is 15.0. The van der Waals surface area contributed by atoms with E-state index in [1.54, 1.807) is 48.7 Å². The molecule has 3 rings (SSSR count). The lowest BCUT2D eigenvalue weighted by Crippen LogP contribution is -2.46. The van der Waals surface area contributed by atoms with Gasteiger partial charge in [-0.05, 0) is 49.9 Å². The minimum Gasteiger partial charge on any atom is -0.465 e. The zero-order chi connectivity index (χ0) is 18.4.